The average Bonchev–Trinajstić information content (AvgIpc) is 2.29. The summed E-state index contributed by atoms with van der Waals surface area (Å²) in [6.07, 6.45) is 0. The molecule has 0 aliphatic carbocycles. The van der Waals surface area contributed by atoms with Crippen LogP contribution in [0.4, 0.5) is 0 Å². The van der Waals surface area contributed by atoms with E-state index >= 15 is 0 Å². The van der Waals surface area contributed by atoms with Gasteiger partial charge in [-0.2, -0.15) is 4.89 Å². The van der Waals surface area contributed by atoms with E-state index in [4.69, 9.17) is 0 Å². The number of benzene rings is 1. The molecule has 1 aromatic carbocycles. The Labute approximate surface area is 95.1 Å². The van der Waals surface area contributed by atoms with Gasteiger partial charge in [0, 0.05) is 7.11 Å². The van der Waals surface area contributed by atoms with Crippen LogP contribution >= 0.6 is 0 Å². The number of hydrogen-bond donors (Lipinski definition) is 0. The number of methoxy groups -OCH3 is 1. The minimum Gasteiger partial charge on any atom is -0.355 e. The summed E-state index contributed by atoms with van der Waals surface area (Å²) < 4.78 is 4.59. The summed E-state index contributed by atoms with van der Waals surface area (Å²) in [6, 6.07) is 7.27. The van der Waals surface area contributed by atoms with Gasteiger partial charge >= 0.3 is 5.97 Å². The maximum atomic E-state index is 11.5. The predicted molar refractivity (Wildman–Crippen MR) is 58.9 cm³/mol. The van der Waals surface area contributed by atoms with Crippen molar-refractivity contribution in [2.75, 3.05) is 13.9 Å². The Morgan fingerprint density at radius 3 is 2.75 bits per heavy atom. The maximum Gasteiger partial charge on any atom is 0.373 e. The molecule has 16 heavy (non-hydrogen) atoms. The zero-order valence-electron chi connectivity index (χ0n) is 9.73. The van der Waals surface area contributed by atoms with Gasteiger partial charge < -0.3 is 4.74 Å². The molecule has 0 atom stereocenters. The highest BCUT2D eigenvalue weighted by Crippen LogP contribution is 2.16. The molecule has 0 saturated carbocycles. The highest BCUT2D eigenvalue weighted by Gasteiger charge is 2.09. The normalized spacial score (nSPS) is 10.5. The van der Waals surface area contributed by atoms with Crippen LogP contribution in [0.2, 0.25) is 0 Å². The first-order chi connectivity index (χ1) is 7.65. The minimum absolute atomic E-state index is 0.0738. The highest BCUT2D eigenvalue weighted by molar-refractivity contribution is 5.89. The van der Waals surface area contributed by atoms with Crippen molar-refractivity contribution < 1.29 is 19.3 Å². The maximum absolute atomic E-state index is 11.5. The molecule has 0 N–H and O–H groups in total. The van der Waals surface area contributed by atoms with Crippen molar-refractivity contribution in [3.8, 4) is 0 Å². The van der Waals surface area contributed by atoms with E-state index in [0.717, 1.165) is 5.56 Å². The molecule has 0 amide bonds. The van der Waals surface area contributed by atoms with E-state index in [2.05, 4.69) is 28.4 Å². The second-order valence-electron chi connectivity index (χ2n) is 3.68. The first kappa shape index (κ1) is 12.7. The fourth-order valence-corrected chi connectivity index (χ4v) is 1.20. The Kier molecular flexibility index (Phi) is 4.95. The second kappa shape index (κ2) is 6.25. The van der Waals surface area contributed by atoms with Crippen LogP contribution < -0.4 is 0 Å². The topological polar surface area (TPSA) is 44.8 Å². The molecular formula is C12H16O4. The highest BCUT2D eigenvalue weighted by atomic mass is 17.2. The summed E-state index contributed by atoms with van der Waals surface area (Å²) in [5.74, 6) is -0.146. The van der Waals surface area contributed by atoms with Crippen LogP contribution in [0.25, 0.3) is 0 Å². The van der Waals surface area contributed by atoms with Gasteiger partial charge in [-0.1, -0.05) is 26.0 Å². The van der Waals surface area contributed by atoms with Crippen molar-refractivity contribution in [2.45, 2.75) is 19.8 Å². The number of carbonyl (C=O) groups is 1. The SMILES string of the molecule is COCOOC(=O)c1cccc(C(C)C)c1. The molecule has 0 radical (unpaired) electrons. The summed E-state index contributed by atoms with van der Waals surface area (Å²) in [5.41, 5.74) is 1.56. The summed E-state index contributed by atoms with van der Waals surface area (Å²) in [6.45, 7) is 4.05. The number of ether oxygens (including phenoxy) is 1. The van der Waals surface area contributed by atoms with Gasteiger partial charge in [0.05, 0.1) is 5.56 Å². The van der Waals surface area contributed by atoms with Gasteiger partial charge in [-0.3, -0.25) is 4.89 Å². The lowest BCUT2D eigenvalue weighted by Crippen LogP contribution is -2.08. The Morgan fingerprint density at radius 2 is 2.12 bits per heavy atom. The molecule has 4 heteroatoms. The Morgan fingerprint density at radius 1 is 1.38 bits per heavy atom. The number of hydrogen-bond acceptors (Lipinski definition) is 4. The van der Waals surface area contributed by atoms with Crippen molar-refractivity contribution in [3.05, 3.63) is 35.4 Å². The van der Waals surface area contributed by atoms with Crippen LogP contribution in [0.1, 0.15) is 35.7 Å². The molecule has 0 aromatic heterocycles. The van der Waals surface area contributed by atoms with Crippen LogP contribution in [0.3, 0.4) is 0 Å². The standard InChI is InChI=1S/C12H16O4/c1-9(2)10-5-4-6-11(7-10)12(13)16-15-8-14-3/h4-7,9H,8H2,1-3H3. The van der Waals surface area contributed by atoms with Crippen LogP contribution in [0, 0.1) is 0 Å². The molecule has 0 heterocycles. The van der Waals surface area contributed by atoms with Crippen LogP contribution in [0.5, 0.6) is 0 Å². The van der Waals surface area contributed by atoms with E-state index in [1.165, 1.54) is 7.11 Å². The number of carbonyl (C=O) groups excluding carboxylic acids is 1. The Bertz CT molecular complexity index is 347. The van der Waals surface area contributed by atoms with Crippen molar-refractivity contribution in [2.24, 2.45) is 0 Å². The van der Waals surface area contributed by atoms with Gasteiger partial charge in [0.1, 0.15) is 0 Å². The van der Waals surface area contributed by atoms with E-state index in [1.54, 1.807) is 12.1 Å². The molecule has 1 rings (SSSR count). The molecule has 1 aromatic rings. The molecule has 0 unspecified atom stereocenters. The van der Waals surface area contributed by atoms with Crippen molar-refractivity contribution >= 4 is 5.97 Å². The molecule has 0 spiro atoms. The quantitative estimate of drug-likeness (QED) is 0.333. The van der Waals surface area contributed by atoms with Gasteiger partial charge in [0.15, 0.2) is 6.79 Å². The van der Waals surface area contributed by atoms with E-state index < -0.39 is 5.97 Å². The van der Waals surface area contributed by atoms with Gasteiger partial charge in [-0.15, -0.1) is 0 Å². The lowest BCUT2D eigenvalue weighted by molar-refractivity contribution is -0.286. The largest absolute Gasteiger partial charge is 0.373 e. The third kappa shape index (κ3) is 3.64. The van der Waals surface area contributed by atoms with Crippen LogP contribution in [-0.4, -0.2) is 19.9 Å². The van der Waals surface area contributed by atoms with Gasteiger partial charge in [0.2, 0.25) is 0 Å². The lowest BCUT2D eigenvalue weighted by Gasteiger charge is -2.07. The molecule has 0 aliphatic rings. The minimum atomic E-state index is -0.514. The van der Waals surface area contributed by atoms with Gasteiger partial charge in [0.25, 0.3) is 0 Å². The molecule has 0 bridgehead atoms. The third-order valence-electron chi connectivity index (χ3n) is 2.09. The third-order valence-corrected chi connectivity index (χ3v) is 2.09. The molecule has 0 aliphatic heterocycles. The van der Waals surface area contributed by atoms with E-state index in [9.17, 15) is 4.79 Å². The predicted octanol–water partition coefficient (Wildman–Crippen LogP) is 2.50. The van der Waals surface area contributed by atoms with E-state index in [1.807, 2.05) is 12.1 Å². The lowest BCUT2D eigenvalue weighted by atomic mass is 10.0. The molecule has 0 fully saturated rings. The van der Waals surface area contributed by atoms with Crippen molar-refractivity contribution in [1.29, 1.82) is 0 Å². The number of rotatable bonds is 5. The Balaban J connectivity index is 2.64. The van der Waals surface area contributed by atoms with Crippen LogP contribution in [-0.2, 0) is 14.5 Å². The monoisotopic (exact) mass is 224 g/mol. The molecular weight excluding hydrogens is 208 g/mol. The zero-order chi connectivity index (χ0) is 12.0. The van der Waals surface area contributed by atoms with Crippen molar-refractivity contribution in [3.63, 3.8) is 0 Å². The van der Waals surface area contributed by atoms with E-state index in [-0.39, 0.29) is 6.79 Å². The second-order valence-corrected chi connectivity index (χ2v) is 3.68. The molecule has 88 valence electrons. The molecule has 4 nitrogen and oxygen atoms in total. The summed E-state index contributed by atoms with van der Waals surface area (Å²) in [4.78, 5) is 20.6. The first-order valence-corrected chi connectivity index (χ1v) is 5.08. The fourth-order valence-electron chi connectivity index (χ4n) is 1.20. The van der Waals surface area contributed by atoms with Gasteiger partial charge in [-0.25, -0.2) is 4.79 Å². The van der Waals surface area contributed by atoms with Gasteiger partial charge in [-0.05, 0) is 23.6 Å². The van der Waals surface area contributed by atoms with Crippen molar-refractivity contribution in [1.82, 2.24) is 0 Å². The molecule has 0 saturated heterocycles. The fraction of sp³-hybridized carbons (Fsp3) is 0.417. The Hall–Kier alpha value is -1.39. The average molecular weight is 224 g/mol. The zero-order valence-corrected chi connectivity index (χ0v) is 9.73. The summed E-state index contributed by atoms with van der Waals surface area (Å²) >= 11 is 0. The van der Waals surface area contributed by atoms with Crippen LogP contribution in [0.15, 0.2) is 24.3 Å². The van der Waals surface area contributed by atoms with E-state index in [0.29, 0.717) is 11.5 Å². The smallest absolute Gasteiger partial charge is 0.355 e. The first-order valence-electron chi connectivity index (χ1n) is 5.08. The summed E-state index contributed by atoms with van der Waals surface area (Å²) in [7, 11) is 1.45. The summed E-state index contributed by atoms with van der Waals surface area (Å²) in [5, 5.41) is 0.